The van der Waals surface area contributed by atoms with Crippen LogP contribution >= 0.6 is 25.5 Å². The van der Waals surface area contributed by atoms with Crippen molar-refractivity contribution in [3.63, 3.8) is 0 Å². The van der Waals surface area contributed by atoms with Crippen molar-refractivity contribution in [1.82, 2.24) is 4.98 Å². The summed E-state index contributed by atoms with van der Waals surface area (Å²) in [5.74, 6) is 0.171. The Labute approximate surface area is 130 Å². The molecule has 2 aromatic rings. The third-order valence-corrected chi connectivity index (χ3v) is 1.91. The number of phenols is 1. The van der Waals surface area contributed by atoms with E-state index in [2.05, 4.69) is 9.98 Å². The first-order valence-electron chi connectivity index (χ1n) is 5.16. The van der Waals surface area contributed by atoms with E-state index < -0.39 is 18.2 Å². The summed E-state index contributed by atoms with van der Waals surface area (Å²) in [4.78, 5) is 8.23. The Morgan fingerprint density at radius 1 is 1.05 bits per heavy atom. The van der Waals surface area contributed by atoms with Gasteiger partial charge in [-0.3, -0.25) is 9.98 Å². The molecule has 0 saturated carbocycles. The van der Waals surface area contributed by atoms with Gasteiger partial charge in [0.2, 0.25) is 0 Å². The quantitative estimate of drug-likeness (QED) is 0.755. The number of halogens is 3. The van der Waals surface area contributed by atoms with Crippen LogP contribution in [0.1, 0.15) is 5.69 Å². The normalized spacial score (nSPS) is 9.84. The molecule has 0 unspecified atom stereocenters. The van der Waals surface area contributed by atoms with Crippen LogP contribution in [0.3, 0.4) is 0 Å². The van der Waals surface area contributed by atoms with Crippen LogP contribution in [0.4, 0.5) is 5.69 Å². The summed E-state index contributed by atoms with van der Waals surface area (Å²) in [5, 5.41) is 9.45. The second kappa shape index (κ2) is 9.49. The summed E-state index contributed by atoms with van der Waals surface area (Å²) in [6.45, 7) is 0. The molecule has 0 spiro atoms. The van der Waals surface area contributed by atoms with Gasteiger partial charge < -0.3 is 5.11 Å². The fraction of sp³-hybridized carbons (Fsp3) is 0. The zero-order valence-corrected chi connectivity index (χ0v) is 14.4. The van der Waals surface area contributed by atoms with E-state index in [1.165, 1.54) is 0 Å². The molecule has 2 rings (SSSR count). The van der Waals surface area contributed by atoms with Gasteiger partial charge in [0.1, 0.15) is 11.4 Å². The van der Waals surface area contributed by atoms with Crippen molar-refractivity contribution < 1.29 is 23.3 Å². The predicted octanol–water partition coefficient (Wildman–Crippen LogP) is 4.60. The molecule has 0 saturated heterocycles. The van der Waals surface area contributed by atoms with Crippen LogP contribution in [0.15, 0.2) is 53.7 Å². The first-order chi connectivity index (χ1) is 9.09. The summed E-state index contributed by atoms with van der Waals surface area (Å²) in [5.41, 5.74) is 1.31. The molecule has 0 fully saturated rings. The van der Waals surface area contributed by atoms with Crippen molar-refractivity contribution in [3.05, 3.63) is 54.4 Å². The molecule has 1 N–H and O–H groups in total. The molecule has 19 heavy (non-hydrogen) atoms. The number of pyridine rings is 1. The molecule has 0 radical (unpaired) electrons. The van der Waals surface area contributed by atoms with Crippen LogP contribution < -0.4 is 0 Å². The van der Waals surface area contributed by atoms with E-state index in [0.717, 1.165) is 5.69 Å². The second-order valence-corrected chi connectivity index (χ2v) is 14.4. The number of hydrogen-bond acceptors (Lipinski definition) is 3. The molecular formula is C12H10Cl3N2OZr. The van der Waals surface area contributed by atoms with Gasteiger partial charge in [-0.25, -0.2) is 0 Å². The molecule has 1 heterocycles. The Bertz CT molecular complexity index is 521. The van der Waals surface area contributed by atoms with E-state index >= 15 is 0 Å². The molecule has 0 atom stereocenters. The Hall–Kier alpha value is -0.407. The van der Waals surface area contributed by atoms with E-state index in [4.69, 9.17) is 25.5 Å². The van der Waals surface area contributed by atoms with Crippen molar-refractivity contribution in [3.8, 4) is 5.75 Å². The van der Waals surface area contributed by atoms with Crippen molar-refractivity contribution in [2.45, 2.75) is 0 Å². The van der Waals surface area contributed by atoms with Gasteiger partial charge in [0.25, 0.3) is 0 Å². The molecule has 99 valence electrons. The van der Waals surface area contributed by atoms with Crippen molar-refractivity contribution in [1.29, 1.82) is 0 Å². The standard InChI is InChI=1S/C12H10N2O.3ClH.Zr/c15-12-7-2-1-6-11(12)14-9-10-5-3-4-8-13-10;;;;/h1-9,15H;3*1H;/q;;;;+3/p-3. The zero-order chi connectivity index (χ0) is 14.1. The van der Waals surface area contributed by atoms with Crippen LogP contribution in [0.2, 0.25) is 0 Å². The maximum absolute atomic E-state index is 9.45. The van der Waals surface area contributed by atoms with Crippen molar-refractivity contribution in [2.24, 2.45) is 4.99 Å². The minimum atomic E-state index is -2.13. The topological polar surface area (TPSA) is 45.5 Å². The van der Waals surface area contributed by atoms with Crippen molar-refractivity contribution in [2.75, 3.05) is 0 Å². The number of aromatic hydroxyl groups is 1. The number of rotatable bonds is 2. The third-order valence-electron chi connectivity index (χ3n) is 1.91. The van der Waals surface area contributed by atoms with Gasteiger partial charge in [-0.05, 0) is 24.3 Å². The summed E-state index contributed by atoms with van der Waals surface area (Å²) in [6.07, 6.45) is 3.32. The summed E-state index contributed by atoms with van der Waals surface area (Å²) < 4.78 is 0. The van der Waals surface area contributed by atoms with E-state index in [1.54, 1.807) is 30.6 Å². The third kappa shape index (κ3) is 7.68. The molecule has 0 aliphatic carbocycles. The number of nitrogens with zero attached hydrogens (tertiary/aromatic N) is 2. The van der Waals surface area contributed by atoms with Gasteiger partial charge in [-0.2, -0.15) is 0 Å². The average molecular weight is 396 g/mol. The maximum atomic E-state index is 9.45. The number of aliphatic imine (C=N–C) groups is 1. The van der Waals surface area contributed by atoms with Gasteiger partial charge >= 0.3 is 43.7 Å². The molecule has 1 aromatic heterocycles. The Morgan fingerprint density at radius 3 is 2.26 bits per heavy atom. The van der Waals surface area contributed by atoms with Crippen LogP contribution in [0, 0.1) is 0 Å². The van der Waals surface area contributed by atoms with Gasteiger partial charge in [0, 0.05) is 6.20 Å². The zero-order valence-electron chi connectivity index (χ0n) is 9.67. The first-order valence-corrected chi connectivity index (χ1v) is 14.7. The van der Waals surface area contributed by atoms with Crippen LogP contribution in [0.25, 0.3) is 0 Å². The predicted molar refractivity (Wildman–Crippen MR) is 77.2 cm³/mol. The molecule has 3 nitrogen and oxygen atoms in total. The molecular weight excluding hydrogens is 386 g/mol. The number of benzene rings is 1. The fourth-order valence-electron chi connectivity index (χ4n) is 1.16. The Balaban J connectivity index is 0.000000399. The summed E-state index contributed by atoms with van der Waals surface area (Å²) >= 11 is -2.13. The number of aromatic nitrogens is 1. The number of phenolic OH excluding ortho intramolecular Hbond substituents is 1. The van der Waals surface area contributed by atoms with Crippen LogP contribution in [-0.2, 0) is 18.2 Å². The molecule has 0 bridgehead atoms. The van der Waals surface area contributed by atoms with Gasteiger partial charge in [0.15, 0.2) is 0 Å². The first kappa shape index (κ1) is 16.6. The molecule has 0 aliphatic heterocycles. The van der Waals surface area contributed by atoms with E-state index in [-0.39, 0.29) is 5.75 Å². The molecule has 1 aromatic carbocycles. The molecule has 0 aliphatic rings. The molecule has 7 heteroatoms. The van der Waals surface area contributed by atoms with E-state index in [9.17, 15) is 5.11 Å². The minimum absolute atomic E-state index is 0.171. The van der Waals surface area contributed by atoms with Gasteiger partial charge in [-0.15, -0.1) is 0 Å². The Morgan fingerprint density at radius 2 is 1.68 bits per heavy atom. The van der Waals surface area contributed by atoms with Crippen molar-refractivity contribution >= 4 is 37.4 Å². The van der Waals surface area contributed by atoms with Gasteiger partial charge in [0.05, 0.1) is 11.9 Å². The van der Waals surface area contributed by atoms with E-state index in [0.29, 0.717) is 5.69 Å². The van der Waals surface area contributed by atoms with Crippen LogP contribution in [-0.4, -0.2) is 16.3 Å². The second-order valence-electron chi connectivity index (χ2n) is 3.22. The summed E-state index contributed by atoms with van der Waals surface area (Å²) in [7, 11) is 15.0. The fourth-order valence-corrected chi connectivity index (χ4v) is 1.16. The van der Waals surface area contributed by atoms with Crippen LogP contribution in [0.5, 0.6) is 5.75 Å². The summed E-state index contributed by atoms with van der Waals surface area (Å²) in [6, 6.07) is 12.5. The number of hydrogen-bond donors (Lipinski definition) is 1. The SMILES string of the molecule is Oc1ccccc1N=Cc1ccccn1.[Cl][Zr]([Cl])[Cl]. The average Bonchev–Trinajstić information content (AvgIpc) is 2.38. The molecule has 0 amide bonds. The van der Waals surface area contributed by atoms with E-state index in [1.807, 2.05) is 24.3 Å². The van der Waals surface area contributed by atoms with Gasteiger partial charge in [-0.1, -0.05) is 18.2 Å². The number of para-hydroxylation sites is 2. The Kier molecular flexibility index (Phi) is 8.31. The monoisotopic (exact) mass is 393 g/mol.